The molecule has 1 heteroatoms. The van der Waals surface area contributed by atoms with Crippen molar-refractivity contribution < 1.29 is 0 Å². The molecule has 0 fully saturated rings. The first-order chi connectivity index (χ1) is 11.9. The standard InChI is InChI=1S/C23H23P/c1-5-13-21(14-6-1)15-7-4-12-20-24(22-16-8-2-9-17-22)23-18-10-3-11-19-23/h1-11,13-14,16-19H,12,15,20H2/b7-4+. The third kappa shape index (κ3) is 4.91. The summed E-state index contributed by atoms with van der Waals surface area (Å²) in [4.78, 5) is 0. The molecule has 0 heterocycles. The van der Waals surface area contributed by atoms with Crippen molar-refractivity contribution in [2.75, 3.05) is 6.16 Å². The summed E-state index contributed by atoms with van der Waals surface area (Å²) in [5, 5.41) is 2.94. The van der Waals surface area contributed by atoms with Gasteiger partial charge in [0.05, 0.1) is 0 Å². The van der Waals surface area contributed by atoms with Gasteiger partial charge >= 0.3 is 0 Å². The van der Waals surface area contributed by atoms with Gasteiger partial charge in [-0.15, -0.1) is 0 Å². The van der Waals surface area contributed by atoms with E-state index in [1.54, 1.807) is 0 Å². The molecule has 0 aliphatic rings. The van der Waals surface area contributed by atoms with Crippen LogP contribution >= 0.6 is 7.92 Å². The monoisotopic (exact) mass is 330 g/mol. The zero-order chi connectivity index (χ0) is 16.5. The maximum atomic E-state index is 2.34. The van der Waals surface area contributed by atoms with E-state index in [4.69, 9.17) is 0 Å². The maximum absolute atomic E-state index is 2.34. The van der Waals surface area contributed by atoms with Crippen LogP contribution in [0.15, 0.2) is 103 Å². The van der Waals surface area contributed by atoms with Crippen LogP contribution in [0.25, 0.3) is 0 Å². The summed E-state index contributed by atoms with van der Waals surface area (Å²) in [5.41, 5.74) is 1.38. The molecule has 120 valence electrons. The molecule has 0 radical (unpaired) electrons. The van der Waals surface area contributed by atoms with E-state index in [1.165, 1.54) is 22.3 Å². The van der Waals surface area contributed by atoms with Crippen LogP contribution in [-0.4, -0.2) is 6.16 Å². The van der Waals surface area contributed by atoms with E-state index >= 15 is 0 Å². The second-order valence-electron chi connectivity index (χ2n) is 5.77. The first kappa shape index (κ1) is 16.7. The van der Waals surface area contributed by atoms with E-state index in [1.807, 2.05) is 0 Å². The van der Waals surface area contributed by atoms with Gasteiger partial charge in [-0.1, -0.05) is 103 Å². The van der Waals surface area contributed by atoms with E-state index in [0.717, 1.165) is 12.8 Å². The molecule has 24 heavy (non-hydrogen) atoms. The second-order valence-corrected chi connectivity index (χ2v) is 8.11. The van der Waals surface area contributed by atoms with Crippen LogP contribution in [0.5, 0.6) is 0 Å². The molecule has 0 saturated carbocycles. The molecule has 0 amide bonds. The lowest BCUT2D eigenvalue weighted by atomic mass is 10.1. The highest BCUT2D eigenvalue weighted by Crippen LogP contribution is 2.34. The van der Waals surface area contributed by atoms with Gasteiger partial charge in [-0.25, -0.2) is 0 Å². The van der Waals surface area contributed by atoms with E-state index in [0.29, 0.717) is 0 Å². The SMILES string of the molecule is C(=C\Cc1ccccc1)/CCP(c1ccccc1)c1ccccc1. The van der Waals surface area contributed by atoms with Crippen molar-refractivity contribution in [1.82, 2.24) is 0 Å². The Morgan fingerprint density at radius 3 is 1.62 bits per heavy atom. The highest BCUT2D eigenvalue weighted by Gasteiger charge is 2.11. The molecule has 0 saturated heterocycles. The highest BCUT2D eigenvalue weighted by atomic mass is 31.1. The largest absolute Gasteiger partial charge is 0.0878 e. The van der Waals surface area contributed by atoms with Gasteiger partial charge in [0.2, 0.25) is 0 Å². The first-order valence-electron chi connectivity index (χ1n) is 8.50. The normalized spacial score (nSPS) is 11.2. The summed E-state index contributed by atoms with van der Waals surface area (Å²) in [6, 6.07) is 32.5. The third-order valence-electron chi connectivity index (χ3n) is 4.02. The van der Waals surface area contributed by atoms with E-state index < -0.39 is 0 Å². The summed E-state index contributed by atoms with van der Waals surface area (Å²) in [6.07, 6.45) is 8.00. The average molecular weight is 330 g/mol. The summed E-state index contributed by atoms with van der Waals surface area (Å²) in [6.45, 7) is 0. The molecule has 0 aliphatic carbocycles. The molecule has 0 N–H and O–H groups in total. The Bertz CT molecular complexity index is 693. The summed E-state index contributed by atoms with van der Waals surface area (Å²) < 4.78 is 0. The van der Waals surface area contributed by atoms with Gasteiger partial charge < -0.3 is 0 Å². The molecule has 0 nitrogen and oxygen atoms in total. The lowest BCUT2D eigenvalue weighted by molar-refractivity contribution is 1.19. The van der Waals surface area contributed by atoms with E-state index in [-0.39, 0.29) is 7.92 Å². The minimum absolute atomic E-state index is 0.273. The molecule has 0 atom stereocenters. The third-order valence-corrected chi connectivity index (χ3v) is 6.57. The molecule has 3 aromatic carbocycles. The number of hydrogen-bond donors (Lipinski definition) is 0. The number of hydrogen-bond acceptors (Lipinski definition) is 0. The summed E-state index contributed by atoms with van der Waals surface area (Å²) in [5.74, 6) is 0. The number of allylic oxidation sites excluding steroid dienone is 2. The minimum atomic E-state index is -0.273. The van der Waals surface area contributed by atoms with Crippen molar-refractivity contribution >= 4 is 18.5 Å². The maximum Gasteiger partial charge on any atom is -0.00975 e. The van der Waals surface area contributed by atoms with Gasteiger partial charge in [0, 0.05) is 0 Å². The van der Waals surface area contributed by atoms with Crippen molar-refractivity contribution in [2.45, 2.75) is 12.8 Å². The molecule has 0 bridgehead atoms. The lowest BCUT2D eigenvalue weighted by Crippen LogP contribution is -2.13. The fourth-order valence-corrected chi connectivity index (χ4v) is 5.06. The first-order valence-corrected chi connectivity index (χ1v) is 10.0. The number of benzene rings is 3. The minimum Gasteiger partial charge on any atom is -0.0878 e. The average Bonchev–Trinajstić information content (AvgIpc) is 2.67. The molecule has 3 aromatic rings. The Morgan fingerprint density at radius 2 is 1.08 bits per heavy atom. The predicted molar refractivity (Wildman–Crippen MR) is 108 cm³/mol. The zero-order valence-electron chi connectivity index (χ0n) is 13.9. The van der Waals surface area contributed by atoms with Crippen molar-refractivity contribution in [3.05, 3.63) is 109 Å². The van der Waals surface area contributed by atoms with Crippen LogP contribution < -0.4 is 10.6 Å². The fraction of sp³-hybridized carbons (Fsp3) is 0.130. The van der Waals surface area contributed by atoms with Crippen LogP contribution in [-0.2, 0) is 6.42 Å². The Balaban J connectivity index is 1.63. The Hall–Kier alpha value is -2.17. The highest BCUT2D eigenvalue weighted by molar-refractivity contribution is 7.73. The van der Waals surface area contributed by atoms with Crippen molar-refractivity contribution in [2.24, 2.45) is 0 Å². The lowest BCUT2D eigenvalue weighted by Gasteiger charge is -2.17. The van der Waals surface area contributed by atoms with Crippen LogP contribution in [0.2, 0.25) is 0 Å². The summed E-state index contributed by atoms with van der Waals surface area (Å²) in [7, 11) is -0.273. The van der Waals surface area contributed by atoms with Gasteiger partial charge in [0.15, 0.2) is 0 Å². The summed E-state index contributed by atoms with van der Waals surface area (Å²) >= 11 is 0. The smallest absolute Gasteiger partial charge is 0.00975 e. The quantitative estimate of drug-likeness (QED) is 0.407. The number of rotatable bonds is 7. The molecular weight excluding hydrogens is 307 g/mol. The van der Waals surface area contributed by atoms with Gasteiger partial charge in [-0.2, -0.15) is 0 Å². The molecule has 0 aliphatic heterocycles. The topological polar surface area (TPSA) is 0 Å². The van der Waals surface area contributed by atoms with Crippen LogP contribution in [0.4, 0.5) is 0 Å². The van der Waals surface area contributed by atoms with Gasteiger partial charge in [-0.05, 0) is 43.1 Å². The van der Waals surface area contributed by atoms with Crippen molar-refractivity contribution in [3.8, 4) is 0 Å². The Kier molecular flexibility index (Phi) is 6.40. The van der Waals surface area contributed by atoms with Gasteiger partial charge in [0.1, 0.15) is 0 Å². The molecule has 0 spiro atoms. The second kappa shape index (κ2) is 9.21. The van der Waals surface area contributed by atoms with Crippen molar-refractivity contribution in [3.63, 3.8) is 0 Å². The van der Waals surface area contributed by atoms with E-state index in [9.17, 15) is 0 Å². The Morgan fingerprint density at radius 1 is 0.583 bits per heavy atom. The van der Waals surface area contributed by atoms with E-state index in [2.05, 4.69) is 103 Å². The molecule has 0 unspecified atom stereocenters. The molecule has 0 aromatic heterocycles. The zero-order valence-corrected chi connectivity index (χ0v) is 14.8. The van der Waals surface area contributed by atoms with Crippen LogP contribution in [0.1, 0.15) is 12.0 Å². The predicted octanol–water partition coefficient (Wildman–Crippen LogP) is 5.31. The van der Waals surface area contributed by atoms with Gasteiger partial charge in [-0.3, -0.25) is 0 Å². The van der Waals surface area contributed by atoms with Crippen LogP contribution in [0.3, 0.4) is 0 Å². The van der Waals surface area contributed by atoms with Crippen LogP contribution in [0, 0.1) is 0 Å². The fourth-order valence-electron chi connectivity index (χ4n) is 2.78. The van der Waals surface area contributed by atoms with Crippen molar-refractivity contribution in [1.29, 1.82) is 0 Å². The Labute approximate surface area is 146 Å². The molecule has 3 rings (SSSR count). The molecular formula is C23H23P. The van der Waals surface area contributed by atoms with Gasteiger partial charge in [0.25, 0.3) is 0 Å².